The minimum Gasteiger partial charge on any atom is -0.378 e. The van der Waals surface area contributed by atoms with E-state index >= 15 is 0 Å². The zero-order chi connectivity index (χ0) is 19.9. The van der Waals surface area contributed by atoms with Crippen LogP contribution < -0.4 is 15.7 Å². The fourth-order valence-corrected chi connectivity index (χ4v) is 3.24. The Morgan fingerprint density at radius 1 is 0.821 bits per heavy atom. The number of rotatable bonds is 8. The van der Waals surface area contributed by atoms with E-state index in [1.807, 2.05) is 62.6 Å². The first-order chi connectivity index (χ1) is 13.6. The number of hydroxylamine groups is 1. The van der Waals surface area contributed by atoms with Crippen LogP contribution in [0.4, 0.5) is 5.69 Å². The lowest BCUT2D eigenvalue weighted by molar-refractivity contribution is 0.137. The molecule has 3 aromatic rings. The Hall–Kier alpha value is -2.70. The third kappa shape index (κ3) is 4.77. The smallest absolute Gasteiger partial charge is 0.131 e. The second-order valence-electron chi connectivity index (χ2n) is 6.92. The van der Waals surface area contributed by atoms with E-state index in [0.29, 0.717) is 13.1 Å². The van der Waals surface area contributed by atoms with Crippen molar-refractivity contribution in [2.75, 3.05) is 19.0 Å². The van der Waals surface area contributed by atoms with Gasteiger partial charge in [-0.15, -0.1) is 0 Å². The highest BCUT2D eigenvalue weighted by molar-refractivity contribution is 5.71. The molecule has 0 spiro atoms. The number of anilines is 1. The normalized spacial score (nSPS) is 12.0. The predicted octanol–water partition coefficient (Wildman–Crippen LogP) is 3.68. The van der Waals surface area contributed by atoms with E-state index in [4.69, 9.17) is 5.21 Å². The molecule has 0 heterocycles. The molecule has 0 saturated carbocycles. The zero-order valence-electron chi connectivity index (χ0n) is 16.3. The number of hydrogen-bond donors (Lipinski definition) is 4. The van der Waals surface area contributed by atoms with Crippen LogP contribution >= 0.6 is 0 Å². The molecule has 28 heavy (non-hydrogen) atoms. The third-order valence-electron chi connectivity index (χ3n) is 4.78. The van der Waals surface area contributed by atoms with Gasteiger partial charge in [-0.1, -0.05) is 60.7 Å². The van der Waals surface area contributed by atoms with Crippen LogP contribution in [0.5, 0.6) is 0 Å². The van der Waals surface area contributed by atoms with E-state index in [1.54, 1.807) is 0 Å². The number of nitrogens with one attached hydrogen (secondary N) is 2. The molecular formula is C23H27N3O2. The van der Waals surface area contributed by atoms with Gasteiger partial charge in [0.25, 0.3) is 0 Å². The lowest BCUT2D eigenvalue weighted by atomic mass is 9.94. The Morgan fingerprint density at radius 3 is 2.14 bits per heavy atom. The van der Waals surface area contributed by atoms with Gasteiger partial charge in [0.05, 0.1) is 0 Å². The van der Waals surface area contributed by atoms with Gasteiger partial charge in [-0.25, -0.2) is 5.48 Å². The number of benzene rings is 3. The van der Waals surface area contributed by atoms with E-state index in [9.17, 15) is 5.11 Å². The van der Waals surface area contributed by atoms with Crippen LogP contribution in [0.25, 0.3) is 11.1 Å². The fraction of sp³-hybridized carbons (Fsp3) is 0.217. The molecule has 4 N–H and O–H groups in total. The van der Waals surface area contributed by atoms with E-state index in [2.05, 4.69) is 40.0 Å². The van der Waals surface area contributed by atoms with Crippen molar-refractivity contribution in [3.05, 3.63) is 89.5 Å². The van der Waals surface area contributed by atoms with Crippen LogP contribution in [-0.4, -0.2) is 24.4 Å². The summed E-state index contributed by atoms with van der Waals surface area (Å²) in [5.74, 6) is 0. The van der Waals surface area contributed by atoms with E-state index in [-0.39, 0.29) is 0 Å². The Kier molecular flexibility index (Phi) is 6.79. The Balaban J connectivity index is 1.79. The number of aliphatic hydroxyl groups excluding tert-OH is 1. The molecule has 0 amide bonds. The molecule has 0 aliphatic carbocycles. The highest BCUT2D eigenvalue weighted by atomic mass is 16.5. The van der Waals surface area contributed by atoms with Gasteiger partial charge in [0, 0.05) is 38.4 Å². The van der Waals surface area contributed by atoms with Gasteiger partial charge in [0.2, 0.25) is 0 Å². The molecular weight excluding hydrogens is 350 g/mol. The maximum atomic E-state index is 10.8. The van der Waals surface area contributed by atoms with Gasteiger partial charge in [-0.2, -0.15) is 0 Å². The Labute approximate surface area is 166 Å². The lowest BCUT2D eigenvalue weighted by Crippen LogP contribution is -2.21. The molecule has 0 aromatic heterocycles. The second kappa shape index (κ2) is 9.48. The Morgan fingerprint density at radius 2 is 1.46 bits per heavy atom. The molecule has 5 heteroatoms. The monoisotopic (exact) mass is 377 g/mol. The molecule has 0 radical (unpaired) electrons. The average molecular weight is 377 g/mol. The van der Waals surface area contributed by atoms with E-state index in [1.165, 1.54) is 0 Å². The quantitative estimate of drug-likeness (QED) is 0.356. The summed E-state index contributed by atoms with van der Waals surface area (Å²) in [6.45, 7) is 0.898. The van der Waals surface area contributed by atoms with Crippen molar-refractivity contribution in [3.8, 4) is 11.1 Å². The summed E-state index contributed by atoms with van der Waals surface area (Å²) in [5.41, 5.74) is 8.16. The summed E-state index contributed by atoms with van der Waals surface area (Å²) in [4.78, 5) is 2.06. The van der Waals surface area contributed by atoms with Crippen LogP contribution in [0.1, 0.15) is 22.9 Å². The topological polar surface area (TPSA) is 67.8 Å². The van der Waals surface area contributed by atoms with Crippen LogP contribution in [0.15, 0.2) is 72.8 Å². The van der Waals surface area contributed by atoms with Crippen LogP contribution in [0.2, 0.25) is 0 Å². The maximum absolute atomic E-state index is 10.8. The van der Waals surface area contributed by atoms with Crippen LogP contribution in [0.3, 0.4) is 0 Å². The van der Waals surface area contributed by atoms with E-state index in [0.717, 1.165) is 33.5 Å². The minimum absolute atomic E-state index is 0.340. The van der Waals surface area contributed by atoms with Gasteiger partial charge in [-0.05, 0) is 34.4 Å². The van der Waals surface area contributed by atoms with Crippen molar-refractivity contribution >= 4 is 5.69 Å². The predicted molar refractivity (Wildman–Crippen MR) is 113 cm³/mol. The first-order valence-electron chi connectivity index (χ1n) is 9.32. The molecule has 146 valence electrons. The molecule has 5 nitrogen and oxygen atoms in total. The minimum atomic E-state index is -0.806. The van der Waals surface area contributed by atoms with Gasteiger partial charge >= 0.3 is 0 Å². The molecule has 1 atom stereocenters. The second-order valence-corrected chi connectivity index (χ2v) is 6.92. The number of nitrogens with zero attached hydrogens (tertiary/aromatic N) is 1. The standard InChI is InChI=1S/C23H27N3O2/c1-26(2)19-13-11-17(12-14-19)15-24-23(27)22-10-6-5-9-21(22)20-8-4-3-7-18(20)16-25-28/h3-14,23-25,27-28H,15-16H2,1-2H3. The highest BCUT2D eigenvalue weighted by Gasteiger charge is 2.15. The van der Waals surface area contributed by atoms with Gasteiger partial charge in [-0.3, -0.25) is 5.32 Å². The zero-order valence-corrected chi connectivity index (χ0v) is 16.3. The maximum Gasteiger partial charge on any atom is 0.131 e. The van der Waals surface area contributed by atoms with Crippen molar-refractivity contribution in [1.82, 2.24) is 10.8 Å². The van der Waals surface area contributed by atoms with Crippen LogP contribution in [0, 0.1) is 0 Å². The molecule has 0 aliphatic rings. The summed E-state index contributed by atoms with van der Waals surface area (Å²) in [7, 11) is 4.02. The molecule has 0 aliphatic heterocycles. The molecule has 1 unspecified atom stereocenters. The Bertz CT molecular complexity index is 894. The average Bonchev–Trinajstić information content (AvgIpc) is 2.73. The summed E-state index contributed by atoms with van der Waals surface area (Å²) in [6, 6.07) is 23.9. The van der Waals surface area contributed by atoms with Gasteiger partial charge in [0.15, 0.2) is 0 Å². The van der Waals surface area contributed by atoms with Gasteiger partial charge in [0.1, 0.15) is 6.23 Å². The third-order valence-corrected chi connectivity index (χ3v) is 4.78. The van der Waals surface area contributed by atoms with E-state index < -0.39 is 6.23 Å². The van der Waals surface area contributed by atoms with Crippen molar-refractivity contribution in [2.45, 2.75) is 19.3 Å². The summed E-state index contributed by atoms with van der Waals surface area (Å²) >= 11 is 0. The lowest BCUT2D eigenvalue weighted by Gasteiger charge is -2.19. The van der Waals surface area contributed by atoms with Crippen molar-refractivity contribution in [2.24, 2.45) is 0 Å². The van der Waals surface area contributed by atoms with Crippen LogP contribution in [-0.2, 0) is 13.1 Å². The number of aliphatic hydroxyl groups is 1. The molecule has 0 bridgehead atoms. The first kappa shape index (κ1) is 20.0. The number of hydrogen-bond acceptors (Lipinski definition) is 5. The SMILES string of the molecule is CN(C)c1ccc(CNC(O)c2ccccc2-c2ccccc2CNO)cc1. The first-order valence-corrected chi connectivity index (χ1v) is 9.32. The van der Waals surface area contributed by atoms with Crippen molar-refractivity contribution in [1.29, 1.82) is 0 Å². The van der Waals surface area contributed by atoms with Gasteiger partial charge < -0.3 is 15.2 Å². The largest absolute Gasteiger partial charge is 0.378 e. The molecule has 3 aromatic carbocycles. The summed E-state index contributed by atoms with van der Waals surface area (Å²) in [6.07, 6.45) is -0.806. The fourth-order valence-electron chi connectivity index (χ4n) is 3.24. The summed E-state index contributed by atoms with van der Waals surface area (Å²) < 4.78 is 0. The van der Waals surface area contributed by atoms with Crippen molar-refractivity contribution < 1.29 is 10.3 Å². The summed E-state index contributed by atoms with van der Waals surface area (Å²) in [5, 5.41) is 23.1. The molecule has 0 fully saturated rings. The van der Waals surface area contributed by atoms with Crippen molar-refractivity contribution in [3.63, 3.8) is 0 Å². The molecule has 3 rings (SSSR count). The highest BCUT2D eigenvalue weighted by Crippen LogP contribution is 2.30. The molecule has 0 saturated heterocycles.